The van der Waals surface area contributed by atoms with Gasteiger partial charge in [-0.05, 0) is 56.2 Å². The number of methoxy groups -OCH3 is 1. The van der Waals surface area contributed by atoms with Crippen molar-refractivity contribution in [2.75, 3.05) is 13.7 Å². The minimum Gasteiger partial charge on any atom is -0.497 e. The van der Waals surface area contributed by atoms with Gasteiger partial charge in [0.1, 0.15) is 10.6 Å². The molecule has 152 valence electrons. The van der Waals surface area contributed by atoms with Gasteiger partial charge in [0.2, 0.25) is 6.61 Å². The Morgan fingerprint density at radius 1 is 1.31 bits per heavy atom. The van der Waals surface area contributed by atoms with Gasteiger partial charge in [-0.1, -0.05) is 5.16 Å². The summed E-state index contributed by atoms with van der Waals surface area (Å²) < 4.78 is 10.4. The first-order valence-corrected chi connectivity index (χ1v) is 9.69. The van der Waals surface area contributed by atoms with Gasteiger partial charge in [-0.2, -0.15) is 0 Å². The Morgan fingerprint density at radius 2 is 2.03 bits per heavy atom. The van der Waals surface area contributed by atoms with Crippen LogP contribution in [0.4, 0.5) is 0 Å². The second-order valence-electron chi connectivity index (χ2n) is 6.33. The summed E-state index contributed by atoms with van der Waals surface area (Å²) in [5, 5.41) is 4.32. The van der Waals surface area contributed by atoms with Crippen LogP contribution < -0.4 is 10.3 Å². The number of hydrogen-bond acceptors (Lipinski definition) is 8. The molecule has 0 radical (unpaired) electrons. The molecule has 0 amide bonds. The average molecular weight is 415 g/mol. The fraction of sp³-hybridized carbons (Fsp3) is 0.300. The van der Waals surface area contributed by atoms with Gasteiger partial charge < -0.3 is 19.3 Å². The minimum atomic E-state index is -0.725. The van der Waals surface area contributed by atoms with E-state index >= 15 is 0 Å². The quantitative estimate of drug-likeness (QED) is 0.361. The summed E-state index contributed by atoms with van der Waals surface area (Å²) in [6, 6.07) is 7.19. The molecule has 0 aliphatic carbocycles. The molecule has 29 heavy (non-hydrogen) atoms. The molecule has 0 spiro atoms. The summed E-state index contributed by atoms with van der Waals surface area (Å²) in [5.41, 5.74) is 1.47. The van der Waals surface area contributed by atoms with Crippen LogP contribution >= 0.6 is 11.3 Å². The Morgan fingerprint density at radius 3 is 2.72 bits per heavy atom. The lowest BCUT2D eigenvalue weighted by molar-refractivity contribution is -0.154. The summed E-state index contributed by atoms with van der Waals surface area (Å²) in [4.78, 5) is 38.1. The number of fused-ring (bicyclic) bond motifs is 1. The van der Waals surface area contributed by atoms with Crippen molar-refractivity contribution in [3.8, 4) is 5.75 Å². The number of carbonyl (C=O) groups is 1. The first kappa shape index (κ1) is 20.5. The summed E-state index contributed by atoms with van der Waals surface area (Å²) in [6.07, 6.45) is 0.751. The number of aromatic nitrogens is 2. The molecular weight excluding hydrogens is 394 g/mol. The number of H-pyrrole nitrogens is 1. The molecule has 2 aromatic heterocycles. The highest BCUT2D eigenvalue weighted by Gasteiger charge is 2.18. The SMILES string of the molecule is COc1ccc(/C=N\OCC(=O)O[C@@H](C)c2nc3sc(C)c(C)c3c(=O)[nH]2)cc1. The van der Waals surface area contributed by atoms with Crippen LogP contribution in [0.15, 0.2) is 34.2 Å². The number of rotatable bonds is 7. The summed E-state index contributed by atoms with van der Waals surface area (Å²) >= 11 is 1.44. The lowest BCUT2D eigenvalue weighted by Gasteiger charge is -2.11. The summed E-state index contributed by atoms with van der Waals surface area (Å²) in [5.74, 6) is 0.405. The number of thiophene rings is 1. The second-order valence-corrected chi connectivity index (χ2v) is 7.53. The second kappa shape index (κ2) is 8.87. The highest BCUT2D eigenvalue weighted by atomic mass is 32.1. The molecule has 0 fully saturated rings. The van der Waals surface area contributed by atoms with Crippen molar-refractivity contribution in [2.45, 2.75) is 26.9 Å². The Hall–Kier alpha value is -3.20. The van der Waals surface area contributed by atoms with Crippen LogP contribution in [0.5, 0.6) is 5.75 Å². The Bertz CT molecular complexity index is 1100. The van der Waals surface area contributed by atoms with Crippen molar-refractivity contribution >= 4 is 33.7 Å². The van der Waals surface area contributed by atoms with Crippen LogP contribution in [0, 0.1) is 13.8 Å². The highest BCUT2D eigenvalue weighted by Crippen LogP contribution is 2.26. The third-order valence-electron chi connectivity index (χ3n) is 4.33. The normalized spacial score (nSPS) is 12.3. The molecule has 0 bridgehead atoms. The average Bonchev–Trinajstić information content (AvgIpc) is 2.99. The molecule has 0 saturated heterocycles. The van der Waals surface area contributed by atoms with Crippen molar-refractivity contribution in [1.82, 2.24) is 9.97 Å². The third-order valence-corrected chi connectivity index (χ3v) is 5.43. The smallest absolute Gasteiger partial charge is 0.347 e. The largest absolute Gasteiger partial charge is 0.497 e. The van der Waals surface area contributed by atoms with E-state index in [1.807, 2.05) is 13.8 Å². The van der Waals surface area contributed by atoms with Gasteiger partial charge in [0.25, 0.3) is 5.56 Å². The van der Waals surface area contributed by atoms with Gasteiger partial charge in [0.05, 0.1) is 18.7 Å². The zero-order valence-corrected chi connectivity index (χ0v) is 17.3. The molecule has 3 aromatic rings. The predicted octanol–water partition coefficient (Wildman–Crippen LogP) is 3.26. The number of esters is 1. The molecule has 0 unspecified atom stereocenters. The molecule has 8 nitrogen and oxygen atoms in total. The van der Waals surface area contributed by atoms with Crippen molar-refractivity contribution < 1.29 is 19.1 Å². The molecular formula is C20H21N3O5S. The van der Waals surface area contributed by atoms with E-state index < -0.39 is 12.1 Å². The van der Waals surface area contributed by atoms with E-state index in [0.29, 0.717) is 16.0 Å². The van der Waals surface area contributed by atoms with Gasteiger partial charge >= 0.3 is 5.97 Å². The summed E-state index contributed by atoms with van der Waals surface area (Å²) in [7, 11) is 1.59. The third kappa shape index (κ3) is 4.80. The molecule has 1 aromatic carbocycles. The maximum atomic E-state index is 12.3. The molecule has 9 heteroatoms. The Balaban J connectivity index is 1.57. The van der Waals surface area contributed by atoms with Crippen molar-refractivity contribution in [3.05, 3.63) is 56.4 Å². The van der Waals surface area contributed by atoms with Crippen LogP contribution in [0.1, 0.15) is 34.9 Å². The fourth-order valence-corrected chi connectivity index (χ4v) is 3.67. The Kier molecular flexibility index (Phi) is 6.28. The van der Waals surface area contributed by atoms with Crippen molar-refractivity contribution in [3.63, 3.8) is 0 Å². The van der Waals surface area contributed by atoms with Gasteiger partial charge in [-0.25, -0.2) is 9.78 Å². The monoisotopic (exact) mass is 415 g/mol. The number of benzene rings is 1. The van der Waals surface area contributed by atoms with Crippen LogP contribution in [0.25, 0.3) is 10.2 Å². The number of aryl methyl sites for hydroxylation is 2. The minimum absolute atomic E-state index is 0.241. The molecule has 1 atom stereocenters. The number of carbonyl (C=O) groups excluding carboxylic acids is 1. The lowest BCUT2D eigenvalue weighted by Crippen LogP contribution is -2.19. The summed E-state index contributed by atoms with van der Waals surface area (Å²) in [6.45, 7) is 5.10. The topological polar surface area (TPSA) is 103 Å². The van der Waals surface area contributed by atoms with Gasteiger partial charge in [0.15, 0.2) is 11.9 Å². The number of hydrogen-bond donors (Lipinski definition) is 1. The number of oxime groups is 1. The predicted molar refractivity (Wildman–Crippen MR) is 111 cm³/mol. The first-order valence-electron chi connectivity index (χ1n) is 8.87. The number of nitrogens with zero attached hydrogens (tertiary/aromatic N) is 2. The number of aromatic amines is 1. The van der Waals surface area contributed by atoms with Crippen LogP contribution in [-0.4, -0.2) is 35.9 Å². The standard InChI is InChI=1S/C20H21N3O5S/c1-11-13(3)29-20-17(11)19(25)22-18(23-20)12(2)28-16(24)10-27-21-9-14-5-7-15(26-4)8-6-14/h5-9,12H,10H2,1-4H3,(H,22,23,25)/b21-9-/t12-/m0/s1. The van der Waals surface area contributed by atoms with E-state index in [1.54, 1.807) is 38.3 Å². The maximum absolute atomic E-state index is 12.3. The van der Waals surface area contributed by atoms with E-state index in [2.05, 4.69) is 15.1 Å². The number of ether oxygens (including phenoxy) is 2. The van der Waals surface area contributed by atoms with Crippen LogP contribution in [0.3, 0.4) is 0 Å². The fourth-order valence-electron chi connectivity index (χ4n) is 2.63. The first-order chi connectivity index (χ1) is 13.9. The van der Waals surface area contributed by atoms with Gasteiger partial charge in [0, 0.05) is 4.88 Å². The molecule has 0 aliphatic heterocycles. The van der Waals surface area contributed by atoms with E-state index in [1.165, 1.54) is 17.6 Å². The number of nitrogens with one attached hydrogen (secondary N) is 1. The maximum Gasteiger partial charge on any atom is 0.347 e. The van der Waals surface area contributed by atoms with E-state index in [9.17, 15) is 9.59 Å². The van der Waals surface area contributed by atoms with Crippen LogP contribution in [0.2, 0.25) is 0 Å². The van der Waals surface area contributed by atoms with Crippen LogP contribution in [-0.2, 0) is 14.4 Å². The molecule has 3 rings (SSSR count). The van der Waals surface area contributed by atoms with Crippen molar-refractivity contribution in [2.24, 2.45) is 5.16 Å². The Labute approximate surface area is 171 Å². The molecule has 0 aliphatic rings. The van der Waals surface area contributed by atoms with E-state index in [-0.39, 0.29) is 12.2 Å². The molecule has 1 N–H and O–H groups in total. The molecule has 2 heterocycles. The highest BCUT2D eigenvalue weighted by molar-refractivity contribution is 7.18. The van der Waals surface area contributed by atoms with E-state index in [4.69, 9.17) is 14.3 Å². The van der Waals surface area contributed by atoms with E-state index in [0.717, 1.165) is 21.8 Å². The van der Waals surface area contributed by atoms with Gasteiger partial charge in [-0.3, -0.25) is 4.79 Å². The molecule has 0 saturated carbocycles. The lowest BCUT2D eigenvalue weighted by atomic mass is 10.2. The zero-order chi connectivity index (χ0) is 21.0. The van der Waals surface area contributed by atoms with Crippen molar-refractivity contribution in [1.29, 1.82) is 0 Å². The van der Waals surface area contributed by atoms with Gasteiger partial charge in [-0.15, -0.1) is 11.3 Å². The zero-order valence-electron chi connectivity index (χ0n) is 16.5.